The van der Waals surface area contributed by atoms with Gasteiger partial charge in [-0.05, 0) is 18.1 Å². The monoisotopic (exact) mass is 233 g/mol. The van der Waals surface area contributed by atoms with Crippen molar-refractivity contribution in [2.45, 2.75) is 19.9 Å². The van der Waals surface area contributed by atoms with Crippen LogP contribution in [-0.2, 0) is 20.0 Å². The molecular weight excluding hydrogens is 217 g/mol. The molecule has 0 spiro atoms. The van der Waals surface area contributed by atoms with Gasteiger partial charge in [0.25, 0.3) is 0 Å². The summed E-state index contributed by atoms with van der Waals surface area (Å²) in [6.07, 6.45) is 2.74. The molecule has 0 amide bonds. The third kappa shape index (κ3) is 2.22. The van der Waals surface area contributed by atoms with Crippen molar-refractivity contribution < 1.29 is 4.39 Å². The lowest BCUT2D eigenvalue weighted by molar-refractivity contribution is 0.611. The number of aryl methyl sites for hydroxylation is 2. The molecule has 0 aliphatic rings. The minimum atomic E-state index is -0.254. The number of halogens is 1. The van der Waals surface area contributed by atoms with Gasteiger partial charge in [-0.15, -0.1) is 0 Å². The van der Waals surface area contributed by atoms with Gasteiger partial charge in [0.2, 0.25) is 0 Å². The standard InChI is InChI=1S/C13H16FN3/c1-3-13-11(8-17(2)16-13)9-4-5-10(7-15)12(14)6-9/h4-6,8H,3,7,15H2,1-2H3. The van der Waals surface area contributed by atoms with Crippen molar-refractivity contribution in [3.63, 3.8) is 0 Å². The SMILES string of the molecule is CCc1nn(C)cc1-c1ccc(CN)c(F)c1. The average molecular weight is 233 g/mol. The van der Waals surface area contributed by atoms with Gasteiger partial charge in [0, 0.05) is 30.9 Å². The largest absolute Gasteiger partial charge is 0.326 e. The van der Waals surface area contributed by atoms with E-state index in [0.29, 0.717) is 5.56 Å². The summed E-state index contributed by atoms with van der Waals surface area (Å²) in [5, 5.41) is 4.35. The zero-order chi connectivity index (χ0) is 12.4. The van der Waals surface area contributed by atoms with Gasteiger partial charge in [-0.3, -0.25) is 4.68 Å². The predicted octanol–water partition coefficient (Wildman–Crippen LogP) is 2.25. The second-order valence-electron chi connectivity index (χ2n) is 4.03. The molecule has 3 nitrogen and oxygen atoms in total. The highest BCUT2D eigenvalue weighted by Gasteiger charge is 2.10. The normalized spacial score (nSPS) is 10.8. The van der Waals surface area contributed by atoms with E-state index in [9.17, 15) is 4.39 Å². The van der Waals surface area contributed by atoms with E-state index < -0.39 is 0 Å². The Balaban J connectivity index is 2.49. The van der Waals surface area contributed by atoms with Crippen LogP contribution in [0.2, 0.25) is 0 Å². The Bertz CT molecular complexity index is 531. The van der Waals surface area contributed by atoms with Crippen LogP contribution in [0.5, 0.6) is 0 Å². The molecule has 0 radical (unpaired) electrons. The number of rotatable bonds is 3. The maximum Gasteiger partial charge on any atom is 0.128 e. The van der Waals surface area contributed by atoms with Crippen LogP contribution in [0.1, 0.15) is 18.2 Å². The Morgan fingerprint density at radius 3 is 2.76 bits per heavy atom. The van der Waals surface area contributed by atoms with Crippen LogP contribution in [0.15, 0.2) is 24.4 Å². The second-order valence-corrected chi connectivity index (χ2v) is 4.03. The summed E-state index contributed by atoms with van der Waals surface area (Å²) in [5.41, 5.74) is 8.80. The smallest absolute Gasteiger partial charge is 0.128 e. The van der Waals surface area contributed by atoms with Crippen LogP contribution in [0.25, 0.3) is 11.1 Å². The summed E-state index contributed by atoms with van der Waals surface area (Å²) >= 11 is 0. The molecule has 0 unspecified atom stereocenters. The van der Waals surface area contributed by atoms with Gasteiger partial charge in [0.1, 0.15) is 5.82 Å². The molecule has 0 saturated heterocycles. The first-order valence-corrected chi connectivity index (χ1v) is 5.67. The highest BCUT2D eigenvalue weighted by Crippen LogP contribution is 2.25. The van der Waals surface area contributed by atoms with E-state index in [1.54, 1.807) is 10.7 Å². The van der Waals surface area contributed by atoms with Gasteiger partial charge in [-0.25, -0.2) is 4.39 Å². The van der Waals surface area contributed by atoms with Crippen LogP contribution >= 0.6 is 0 Å². The van der Waals surface area contributed by atoms with Crippen LogP contribution in [-0.4, -0.2) is 9.78 Å². The molecule has 0 bridgehead atoms. The highest BCUT2D eigenvalue weighted by molar-refractivity contribution is 5.65. The van der Waals surface area contributed by atoms with E-state index in [-0.39, 0.29) is 12.4 Å². The van der Waals surface area contributed by atoms with E-state index in [1.807, 2.05) is 26.2 Å². The van der Waals surface area contributed by atoms with Gasteiger partial charge < -0.3 is 5.73 Å². The summed E-state index contributed by atoms with van der Waals surface area (Å²) in [4.78, 5) is 0. The first-order chi connectivity index (χ1) is 8.15. The van der Waals surface area contributed by atoms with E-state index in [0.717, 1.165) is 23.2 Å². The van der Waals surface area contributed by atoms with Crippen molar-refractivity contribution in [3.8, 4) is 11.1 Å². The van der Waals surface area contributed by atoms with E-state index in [4.69, 9.17) is 5.73 Å². The van der Waals surface area contributed by atoms with Crippen LogP contribution in [0.4, 0.5) is 4.39 Å². The molecule has 2 rings (SSSR count). The number of hydrogen-bond donors (Lipinski definition) is 1. The van der Waals surface area contributed by atoms with Gasteiger partial charge in [-0.1, -0.05) is 19.1 Å². The third-order valence-electron chi connectivity index (χ3n) is 2.82. The maximum absolute atomic E-state index is 13.7. The molecule has 2 aromatic rings. The molecular formula is C13H16FN3. The number of aromatic nitrogens is 2. The molecule has 0 saturated carbocycles. The number of hydrogen-bond acceptors (Lipinski definition) is 2. The highest BCUT2D eigenvalue weighted by atomic mass is 19.1. The summed E-state index contributed by atoms with van der Waals surface area (Å²) in [6, 6.07) is 5.15. The van der Waals surface area contributed by atoms with Crippen molar-refractivity contribution >= 4 is 0 Å². The molecule has 4 heteroatoms. The van der Waals surface area contributed by atoms with Crippen LogP contribution in [0, 0.1) is 5.82 Å². The third-order valence-corrected chi connectivity index (χ3v) is 2.82. The van der Waals surface area contributed by atoms with E-state index in [2.05, 4.69) is 5.10 Å². The van der Waals surface area contributed by atoms with Crippen molar-refractivity contribution in [1.82, 2.24) is 9.78 Å². The quantitative estimate of drug-likeness (QED) is 0.883. The molecule has 0 fully saturated rings. The Hall–Kier alpha value is -1.68. The minimum absolute atomic E-state index is 0.222. The summed E-state index contributed by atoms with van der Waals surface area (Å²) in [5.74, 6) is -0.254. The van der Waals surface area contributed by atoms with Crippen LogP contribution in [0.3, 0.4) is 0 Å². The summed E-state index contributed by atoms with van der Waals surface area (Å²) in [7, 11) is 1.87. The molecule has 1 aromatic heterocycles. The van der Waals surface area contributed by atoms with E-state index in [1.165, 1.54) is 6.07 Å². The zero-order valence-electron chi connectivity index (χ0n) is 10.1. The molecule has 0 atom stereocenters. The van der Waals surface area contributed by atoms with Crippen molar-refractivity contribution in [3.05, 3.63) is 41.5 Å². The molecule has 17 heavy (non-hydrogen) atoms. The molecule has 0 aliphatic heterocycles. The lowest BCUT2D eigenvalue weighted by Crippen LogP contribution is -1.99. The molecule has 90 valence electrons. The topological polar surface area (TPSA) is 43.8 Å². The predicted molar refractivity (Wildman–Crippen MR) is 65.9 cm³/mol. The number of nitrogens with two attached hydrogens (primary N) is 1. The number of benzene rings is 1. The van der Waals surface area contributed by atoms with E-state index >= 15 is 0 Å². The van der Waals surface area contributed by atoms with Crippen molar-refractivity contribution in [1.29, 1.82) is 0 Å². The zero-order valence-corrected chi connectivity index (χ0v) is 10.1. The average Bonchev–Trinajstić information content (AvgIpc) is 2.70. The summed E-state index contributed by atoms with van der Waals surface area (Å²) < 4.78 is 15.4. The van der Waals surface area contributed by atoms with Crippen molar-refractivity contribution in [2.75, 3.05) is 0 Å². The molecule has 0 aliphatic carbocycles. The number of nitrogens with zero attached hydrogens (tertiary/aromatic N) is 2. The fraction of sp³-hybridized carbons (Fsp3) is 0.308. The Morgan fingerprint density at radius 1 is 1.41 bits per heavy atom. The van der Waals surface area contributed by atoms with Gasteiger partial charge in [0.15, 0.2) is 0 Å². The van der Waals surface area contributed by atoms with Gasteiger partial charge in [0.05, 0.1) is 5.69 Å². The first kappa shape index (κ1) is 11.8. The van der Waals surface area contributed by atoms with Crippen LogP contribution < -0.4 is 5.73 Å². The minimum Gasteiger partial charge on any atom is -0.326 e. The van der Waals surface area contributed by atoms with Gasteiger partial charge >= 0.3 is 0 Å². The van der Waals surface area contributed by atoms with Gasteiger partial charge in [-0.2, -0.15) is 5.10 Å². The Labute approximate surface area is 100 Å². The maximum atomic E-state index is 13.7. The lowest BCUT2D eigenvalue weighted by Gasteiger charge is -2.04. The fourth-order valence-corrected chi connectivity index (χ4v) is 1.92. The Kier molecular flexibility index (Phi) is 3.24. The summed E-state index contributed by atoms with van der Waals surface area (Å²) in [6.45, 7) is 2.26. The Morgan fingerprint density at radius 2 is 2.18 bits per heavy atom. The fourth-order valence-electron chi connectivity index (χ4n) is 1.92. The lowest BCUT2D eigenvalue weighted by atomic mass is 10.0. The first-order valence-electron chi connectivity index (χ1n) is 5.67. The molecule has 1 aromatic carbocycles. The molecule has 2 N–H and O–H groups in total. The molecule has 1 heterocycles. The second kappa shape index (κ2) is 4.67. The van der Waals surface area contributed by atoms with Crippen molar-refractivity contribution in [2.24, 2.45) is 12.8 Å².